The summed E-state index contributed by atoms with van der Waals surface area (Å²) >= 11 is 1.42. The van der Waals surface area contributed by atoms with Crippen molar-refractivity contribution in [2.45, 2.75) is 52.4 Å². The lowest BCUT2D eigenvalue weighted by molar-refractivity contribution is 0.102. The van der Waals surface area contributed by atoms with Crippen LogP contribution >= 0.6 is 11.3 Å². The molecule has 31 heavy (non-hydrogen) atoms. The molecule has 1 aromatic heterocycles. The first-order valence-electron chi connectivity index (χ1n) is 10.8. The minimum atomic E-state index is -3.67. The molecule has 1 aliphatic heterocycles. The number of hydrogen-bond acceptors (Lipinski definition) is 6. The van der Waals surface area contributed by atoms with Crippen molar-refractivity contribution in [2.24, 2.45) is 5.92 Å². The van der Waals surface area contributed by atoms with E-state index in [0.29, 0.717) is 29.7 Å². The SMILES string of the molecule is CCN(CC)S(=O)(=O)c1ccc(N2CCC(C)CC2)c(C(=O)Nc2nc(C)c(C)s2)c1. The predicted molar refractivity (Wildman–Crippen MR) is 127 cm³/mol. The Morgan fingerprint density at radius 1 is 1.23 bits per heavy atom. The van der Waals surface area contributed by atoms with E-state index in [1.54, 1.807) is 12.1 Å². The molecule has 1 amide bonds. The first-order chi connectivity index (χ1) is 14.7. The van der Waals surface area contributed by atoms with Gasteiger partial charge in [-0.1, -0.05) is 20.8 Å². The summed E-state index contributed by atoms with van der Waals surface area (Å²) in [5.41, 5.74) is 2.02. The standard InChI is InChI=1S/C22H32N4O3S2/c1-6-26(7-2)31(28,29)18-8-9-20(25-12-10-15(3)11-13-25)19(14-18)21(27)24-22-23-16(4)17(5)30-22/h8-9,14-15H,6-7,10-13H2,1-5H3,(H,23,24,27). The number of thiazole rings is 1. The maximum Gasteiger partial charge on any atom is 0.259 e. The van der Waals surface area contributed by atoms with E-state index in [1.807, 2.05) is 27.7 Å². The molecular weight excluding hydrogens is 432 g/mol. The molecule has 0 bridgehead atoms. The number of anilines is 2. The second kappa shape index (κ2) is 9.67. The number of hydrogen-bond donors (Lipinski definition) is 1. The van der Waals surface area contributed by atoms with Crippen molar-refractivity contribution in [1.29, 1.82) is 0 Å². The Morgan fingerprint density at radius 3 is 2.42 bits per heavy atom. The summed E-state index contributed by atoms with van der Waals surface area (Å²) in [6.07, 6.45) is 2.09. The fraction of sp³-hybridized carbons (Fsp3) is 0.545. The Morgan fingerprint density at radius 2 is 1.87 bits per heavy atom. The Bertz CT molecular complexity index is 1020. The molecule has 1 aliphatic rings. The highest BCUT2D eigenvalue weighted by Crippen LogP contribution is 2.31. The summed E-state index contributed by atoms with van der Waals surface area (Å²) in [5.74, 6) is 0.316. The number of aryl methyl sites for hydroxylation is 2. The van der Waals surface area contributed by atoms with Gasteiger partial charge in [0.25, 0.3) is 5.91 Å². The molecule has 0 unspecified atom stereocenters. The summed E-state index contributed by atoms with van der Waals surface area (Å²) in [4.78, 5) is 21.0. The van der Waals surface area contributed by atoms with E-state index in [9.17, 15) is 13.2 Å². The number of sulfonamides is 1. The van der Waals surface area contributed by atoms with Crippen LogP contribution in [0.3, 0.4) is 0 Å². The van der Waals surface area contributed by atoms with Gasteiger partial charge in [-0.3, -0.25) is 10.1 Å². The van der Waals surface area contributed by atoms with E-state index in [1.165, 1.54) is 21.7 Å². The van der Waals surface area contributed by atoms with Gasteiger partial charge in [0, 0.05) is 36.7 Å². The van der Waals surface area contributed by atoms with Gasteiger partial charge in [0.15, 0.2) is 5.13 Å². The van der Waals surface area contributed by atoms with Crippen molar-refractivity contribution in [3.8, 4) is 0 Å². The lowest BCUT2D eigenvalue weighted by atomic mass is 9.98. The second-order valence-corrected chi connectivity index (χ2v) is 11.2. The highest BCUT2D eigenvalue weighted by molar-refractivity contribution is 7.89. The maximum atomic E-state index is 13.3. The number of nitrogens with zero attached hydrogens (tertiary/aromatic N) is 3. The Balaban J connectivity index is 2.02. The van der Waals surface area contributed by atoms with Gasteiger partial charge in [0.1, 0.15) is 0 Å². The summed E-state index contributed by atoms with van der Waals surface area (Å²) in [5, 5.41) is 3.40. The first kappa shape index (κ1) is 23.7. The Hall–Kier alpha value is -1.97. The van der Waals surface area contributed by atoms with Crippen molar-refractivity contribution < 1.29 is 13.2 Å². The highest BCUT2D eigenvalue weighted by atomic mass is 32.2. The van der Waals surface area contributed by atoms with Crippen LogP contribution < -0.4 is 10.2 Å². The third kappa shape index (κ3) is 5.10. The molecule has 9 heteroatoms. The van der Waals surface area contributed by atoms with Crippen molar-refractivity contribution in [3.63, 3.8) is 0 Å². The van der Waals surface area contributed by atoms with Crippen molar-refractivity contribution in [3.05, 3.63) is 34.3 Å². The lowest BCUT2D eigenvalue weighted by Crippen LogP contribution is -2.35. The molecule has 1 aromatic carbocycles. The van der Waals surface area contributed by atoms with Gasteiger partial charge in [-0.2, -0.15) is 4.31 Å². The van der Waals surface area contributed by atoms with Crippen LogP contribution in [0, 0.1) is 19.8 Å². The Labute approximate surface area is 189 Å². The van der Waals surface area contributed by atoms with Gasteiger partial charge >= 0.3 is 0 Å². The molecule has 3 rings (SSSR count). The molecule has 0 spiro atoms. The molecule has 1 fully saturated rings. The third-order valence-electron chi connectivity index (χ3n) is 5.93. The molecule has 0 radical (unpaired) electrons. The highest BCUT2D eigenvalue weighted by Gasteiger charge is 2.27. The van der Waals surface area contributed by atoms with Gasteiger partial charge in [-0.15, -0.1) is 11.3 Å². The maximum absolute atomic E-state index is 13.3. The molecule has 1 saturated heterocycles. The van der Waals surface area contributed by atoms with Crippen LogP contribution in [0.5, 0.6) is 0 Å². The fourth-order valence-corrected chi connectivity index (χ4v) is 6.08. The monoisotopic (exact) mass is 464 g/mol. The van der Waals surface area contributed by atoms with E-state index in [2.05, 4.69) is 22.1 Å². The van der Waals surface area contributed by atoms with Gasteiger partial charge in [-0.25, -0.2) is 13.4 Å². The zero-order chi connectivity index (χ0) is 22.8. The predicted octanol–water partition coefficient (Wildman–Crippen LogP) is 4.28. The lowest BCUT2D eigenvalue weighted by Gasteiger charge is -2.33. The molecule has 2 aromatic rings. The van der Waals surface area contributed by atoms with Crippen LogP contribution in [-0.2, 0) is 10.0 Å². The summed E-state index contributed by atoms with van der Waals surface area (Å²) < 4.78 is 27.6. The van der Waals surface area contributed by atoms with Crippen LogP contribution in [0.2, 0.25) is 0 Å². The quantitative estimate of drug-likeness (QED) is 0.661. The van der Waals surface area contributed by atoms with E-state index < -0.39 is 10.0 Å². The molecule has 0 atom stereocenters. The number of nitrogens with one attached hydrogen (secondary N) is 1. The molecule has 170 valence electrons. The zero-order valence-corrected chi connectivity index (χ0v) is 20.6. The third-order valence-corrected chi connectivity index (χ3v) is 8.96. The number of aromatic nitrogens is 1. The largest absolute Gasteiger partial charge is 0.371 e. The van der Waals surface area contributed by atoms with E-state index in [-0.39, 0.29) is 10.8 Å². The average Bonchev–Trinajstić information content (AvgIpc) is 3.05. The normalized spacial score (nSPS) is 15.5. The van der Waals surface area contributed by atoms with Crippen LogP contribution in [-0.4, -0.2) is 49.8 Å². The molecular formula is C22H32N4O3S2. The van der Waals surface area contributed by atoms with Gasteiger partial charge < -0.3 is 4.90 Å². The number of benzene rings is 1. The second-order valence-electron chi connectivity index (χ2n) is 8.05. The Kier molecular flexibility index (Phi) is 7.39. The summed E-state index contributed by atoms with van der Waals surface area (Å²) in [6.45, 7) is 12.2. The van der Waals surface area contributed by atoms with E-state index >= 15 is 0 Å². The minimum Gasteiger partial charge on any atom is -0.371 e. The topological polar surface area (TPSA) is 82.6 Å². The summed E-state index contributed by atoms with van der Waals surface area (Å²) in [6, 6.07) is 4.92. The van der Waals surface area contributed by atoms with Gasteiger partial charge in [0.05, 0.1) is 16.2 Å². The zero-order valence-electron chi connectivity index (χ0n) is 18.9. The number of rotatable bonds is 7. The number of piperidine rings is 1. The number of amides is 1. The average molecular weight is 465 g/mol. The smallest absolute Gasteiger partial charge is 0.259 e. The number of carbonyl (C=O) groups is 1. The van der Waals surface area contributed by atoms with Gasteiger partial charge in [-0.05, 0) is 50.8 Å². The van der Waals surface area contributed by atoms with Crippen LogP contribution in [0.25, 0.3) is 0 Å². The van der Waals surface area contributed by atoms with Crippen molar-refractivity contribution in [1.82, 2.24) is 9.29 Å². The fourth-order valence-electron chi connectivity index (χ4n) is 3.79. The van der Waals surface area contributed by atoms with Crippen molar-refractivity contribution >= 4 is 38.1 Å². The molecule has 2 heterocycles. The summed E-state index contributed by atoms with van der Waals surface area (Å²) in [7, 11) is -3.67. The van der Waals surface area contributed by atoms with E-state index in [4.69, 9.17) is 0 Å². The van der Waals surface area contributed by atoms with Crippen LogP contribution in [0.1, 0.15) is 54.5 Å². The molecule has 7 nitrogen and oxygen atoms in total. The molecule has 0 aliphatic carbocycles. The minimum absolute atomic E-state index is 0.141. The number of carbonyl (C=O) groups excluding carboxylic acids is 1. The molecule has 1 N–H and O–H groups in total. The van der Waals surface area contributed by atoms with Crippen molar-refractivity contribution in [2.75, 3.05) is 36.4 Å². The van der Waals surface area contributed by atoms with Gasteiger partial charge in [0.2, 0.25) is 10.0 Å². The van der Waals surface area contributed by atoms with E-state index in [0.717, 1.165) is 42.2 Å². The molecule has 0 saturated carbocycles. The van der Waals surface area contributed by atoms with Crippen LogP contribution in [0.4, 0.5) is 10.8 Å². The van der Waals surface area contributed by atoms with Crippen LogP contribution in [0.15, 0.2) is 23.1 Å². The first-order valence-corrected chi connectivity index (χ1v) is 13.1.